The highest BCUT2D eigenvalue weighted by atomic mass is 16.4. The largest absolute Gasteiger partial charge is 0.481 e. The van der Waals surface area contributed by atoms with E-state index in [2.05, 4.69) is 10.1 Å². The van der Waals surface area contributed by atoms with Crippen molar-refractivity contribution >= 4 is 11.6 Å². The summed E-state index contributed by atoms with van der Waals surface area (Å²) in [7, 11) is 0. The molecule has 2 heterocycles. The van der Waals surface area contributed by atoms with E-state index in [9.17, 15) is 4.79 Å². The highest BCUT2D eigenvalue weighted by Crippen LogP contribution is 2.10. The van der Waals surface area contributed by atoms with Crippen molar-refractivity contribution in [2.24, 2.45) is 0 Å². The number of fused-ring (bicyclic) bond motifs is 1. The summed E-state index contributed by atoms with van der Waals surface area (Å²) in [5.74, 6) is -0.761. The molecule has 0 amide bonds. The van der Waals surface area contributed by atoms with Crippen LogP contribution < -0.4 is 0 Å². The van der Waals surface area contributed by atoms with Crippen molar-refractivity contribution in [3.8, 4) is 0 Å². The quantitative estimate of drug-likeness (QED) is 0.812. The average molecular weight is 205 g/mol. The average Bonchev–Trinajstić information content (AvgIpc) is 2.65. The van der Waals surface area contributed by atoms with Crippen LogP contribution in [0, 0.1) is 0 Å². The number of hydrogen-bond acceptors (Lipinski definition) is 3. The van der Waals surface area contributed by atoms with Gasteiger partial charge in [-0.2, -0.15) is 5.10 Å². The van der Waals surface area contributed by atoms with Gasteiger partial charge in [-0.3, -0.25) is 4.79 Å². The number of rotatable bonds is 4. The van der Waals surface area contributed by atoms with Crippen LogP contribution in [0.1, 0.15) is 18.4 Å². The minimum atomic E-state index is -0.761. The van der Waals surface area contributed by atoms with Gasteiger partial charge in [-0.1, -0.05) is 6.07 Å². The number of carboxylic acid groups (broad SMARTS) is 1. The number of pyridine rings is 1. The first-order valence-electron chi connectivity index (χ1n) is 4.76. The molecule has 2 aromatic rings. The van der Waals surface area contributed by atoms with Crippen molar-refractivity contribution in [2.45, 2.75) is 19.3 Å². The fourth-order valence-electron chi connectivity index (χ4n) is 1.53. The van der Waals surface area contributed by atoms with Crippen LogP contribution in [-0.2, 0) is 11.2 Å². The zero-order valence-corrected chi connectivity index (χ0v) is 8.13. The monoisotopic (exact) mass is 205 g/mol. The first kappa shape index (κ1) is 9.64. The molecule has 0 bridgehead atoms. The lowest BCUT2D eigenvalue weighted by atomic mass is 10.1. The third kappa shape index (κ3) is 2.12. The molecule has 5 nitrogen and oxygen atoms in total. The fraction of sp³-hybridized carbons (Fsp3) is 0.300. The van der Waals surface area contributed by atoms with Crippen molar-refractivity contribution < 1.29 is 9.90 Å². The topological polar surface area (TPSA) is 67.5 Å². The Morgan fingerprint density at radius 1 is 1.53 bits per heavy atom. The maximum Gasteiger partial charge on any atom is 0.303 e. The second kappa shape index (κ2) is 4.08. The van der Waals surface area contributed by atoms with Crippen molar-refractivity contribution in [2.75, 3.05) is 0 Å². The molecule has 1 N–H and O–H groups in total. The molecule has 0 unspecified atom stereocenters. The normalized spacial score (nSPS) is 10.7. The molecule has 0 radical (unpaired) electrons. The van der Waals surface area contributed by atoms with Crippen molar-refractivity contribution in [3.63, 3.8) is 0 Å². The van der Waals surface area contributed by atoms with Gasteiger partial charge in [0, 0.05) is 12.6 Å². The number of aliphatic carboxylic acids is 1. The van der Waals surface area contributed by atoms with Gasteiger partial charge in [-0.15, -0.1) is 0 Å². The van der Waals surface area contributed by atoms with Crippen LogP contribution in [0.5, 0.6) is 0 Å². The Balaban J connectivity index is 2.13. The Morgan fingerprint density at radius 2 is 2.40 bits per heavy atom. The minimum Gasteiger partial charge on any atom is -0.481 e. The third-order valence-electron chi connectivity index (χ3n) is 2.22. The zero-order chi connectivity index (χ0) is 10.7. The molecule has 0 aromatic carbocycles. The lowest BCUT2D eigenvalue weighted by Gasteiger charge is -2.00. The van der Waals surface area contributed by atoms with Gasteiger partial charge in [-0.25, -0.2) is 9.50 Å². The van der Waals surface area contributed by atoms with Crippen molar-refractivity contribution in [1.29, 1.82) is 0 Å². The van der Waals surface area contributed by atoms with E-state index in [-0.39, 0.29) is 6.42 Å². The second-order valence-corrected chi connectivity index (χ2v) is 3.31. The van der Waals surface area contributed by atoms with E-state index in [1.54, 1.807) is 4.52 Å². The number of carboxylic acids is 1. The van der Waals surface area contributed by atoms with Crippen molar-refractivity contribution in [1.82, 2.24) is 14.6 Å². The molecule has 0 aliphatic heterocycles. The number of hydrogen-bond donors (Lipinski definition) is 1. The highest BCUT2D eigenvalue weighted by molar-refractivity contribution is 5.66. The first-order valence-corrected chi connectivity index (χ1v) is 4.76. The zero-order valence-electron chi connectivity index (χ0n) is 8.13. The van der Waals surface area contributed by atoms with Gasteiger partial charge in [0.2, 0.25) is 0 Å². The number of aromatic nitrogens is 3. The molecular formula is C10H11N3O2. The maximum absolute atomic E-state index is 10.4. The summed E-state index contributed by atoms with van der Waals surface area (Å²) >= 11 is 0. The van der Waals surface area contributed by atoms with Gasteiger partial charge in [0.25, 0.3) is 0 Å². The van der Waals surface area contributed by atoms with Crippen molar-refractivity contribution in [3.05, 3.63) is 30.2 Å². The van der Waals surface area contributed by atoms with E-state index < -0.39 is 5.97 Å². The van der Waals surface area contributed by atoms with Crippen LogP contribution in [0.2, 0.25) is 0 Å². The van der Waals surface area contributed by atoms with E-state index in [4.69, 9.17) is 5.11 Å². The Hall–Kier alpha value is -1.91. The van der Waals surface area contributed by atoms with E-state index in [0.717, 1.165) is 17.6 Å². The second-order valence-electron chi connectivity index (χ2n) is 3.31. The summed E-state index contributed by atoms with van der Waals surface area (Å²) in [6, 6.07) is 3.84. The van der Waals surface area contributed by atoms with Crippen LogP contribution in [0.15, 0.2) is 24.7 Å². The SMILES string of the molecule is O=C(O)CCCc1cccn2ncnc12. The lowest BCUT2D eigenvalue weighted by Crippen LogP contribution is -1.98. The molecule has 78 valence electrons. The Labute approximate surface area is 86.4 Å². The molecule has 2 rings (SSSR count). The predicted octanol–water partition coefficient (Wildman–Crippen LogP) is 1.14. The molecule has 0 spiro atoms. The number of aryl methyl sites for hydroxylation is 1. The van der Waals surface area contributed by atoms with Crippen LogP contribution in [0.25, 0.3) is 5.65 Å². The Morgan fingerprint density at radius 3 is 3.20 bits per heavy atom. The van der Waals surface area contributed by atoms with Gasteiger partial charge >= 0.3 is 5.97 Å². The summed E-state index contributed by atoms with van der Waals surface area (Å²) < 4.78 is 1.69. The van der Waals surface area contributed by atoms with E-state index in [1.165, 1.54) is 6.33 Å². The standard InChI is InChI=1S/C10H11N3O2/c14-9(15)5-1-3-8-4-2-6-13-10(8)11-7-12-13/h2,4,6-7H,1,3,5H2,(H,14,15). The van der Waals surface area contributed by atoms with Crippen LogP contribution in [0.4, 0.5) is 0 Å². The molecular weight excluding hydrogens is 194 g/mol. The van der Waals surface area contributed by atoms with Gasteiger partial charge in [-0.05, 0) is 24.5 Å². The summed E-state index contributed by atoms with van der Waals surface area (Å²) in [5, 5.41) is 12.5. The van der Waals surface area contributed by atoms with Crippen LogP contribution in [-0.4, -0.2) is 25.7 Å². The molecule has 0 fully saturated rings. The maximum atomic E-state index is 10.4. The Kier molecular flexibility index (Phi) is 2.62. The molecule has 2 aromatic heterocycles. The first-order chi connectivity index (χ1) is 7.27. The summed E-state index contributed by atoms with van der Waals surface area (Å²) in [5.41, 5.74) is 1.85. The minimum absolute atomic E-state index is 0.190. The van der Waals surface area contributed by atoms with E-state index >= 15 is 0 Å². The third-order valence-corrected chi connectivity index (χ3v) is 2.22. The van der Waals surface area contributed by atoms with Gasteiger partial charge < -0.3 is 5.11 Å². The van der Waals surface area contributed by atoms with Gasteiger partial charge in [0.15, 0.2) is 5.65 Å². The Bertz CT molecular complexity index is 478. The highest BCUT2D eigenvalue weighted by Gasteiger charge is 2.04. The molecule has 0 saturated heterocycles. The van der Waals surface area contributed by atoms with Gasteiger partial charge in [0.1, 0.15) is 6.33 Å². The smallest absolute Gasteiger partial charge is 0.303 e. The number of nitrogens with zero attached hydrogens (tertiary/aromatic N) is 3. The van der Waals surface area contributed by atoms with Crippen LogP contribution in [0.3, 0.4) is 0 Å². The molecule has 0 aliphatic carbocycles. The lowest BCUT2D eigenvalue weighted by molar-refractivity contribution is -0.137. The van der Waals surface area contributed by atoms with Gasteiger partial charge in [0.05, 0.1) is 0 Å². The molecule has 15 heavy (non-hydrogen) atoms. The summed E-state index contributed by atoms with van der Waals surface area (Å²) in [4.78, 5) is 14.5. The van der Waals surface area contributed by atoms with Crippen LogP contribution >= 0.6 is 0 Å². The molecule has 0 aliphatic rings. The summed E-state index contributed by atoms with van der Waals surface area (Å²) in [6.07, 6.45) is 4.85. The summed E-state index contributed by atoms with van der Waals surface area (Å²) in [6.45, 7) is 0. The fourth-order valence-corrected chi connectivity index (χ4v) is 1.53. The molecule has 5 heteroatoms. The predicted molar refractivity (Wildman–Crippen MR) is 53.6 cm³/mol. The van der Waals surface area contributed by atoms with E-state index in [1.807, 2.05) is 18.3 Å². The van der Waals surface area contributed by atoms with E-state index in [0.29, 0.717) is 6.42 Å². The molecule has 0 atom stereocenters. The molecule has 0 saturated carbocycles. The number of carbonyl (C=O) groups is 1.